The van der Waals surface area contributed by atoms with Crippen LogP contribution in [-0.4, -0.2) is 49.4 Å². The van der Waals surface area contributed by atoms with Crippen molar-refractivity contribution in [3.8, 4) is 0 Å². The van der Waals surface area contributed by atoms with Gasteiger partial charge in [0.15, 0.2) is 0 Å². The summed E-state index contributed by atoms with van der Waals surface area (Å²) in [5, 5.41) is 0. The van der Waals surface area contributed by atoms with Crippen molar-refractivity contribution in [2.45, 2.75) is 19.8 Å². The third kappa shape index (κ3) is 3.31. The minimum absolute atomic E-state index is 0.0412. The van der Waals surface area contributed by atoms with Gasteiger partial charge in [-0.2, -0.15) is 0 Å². The Morgan fingerprint density at radius 3 is 2.65 bits per heavy atom. The summed E-state index contributed by atoms with van der Waals surface area (Å²) in [6, 6.07) is 5.62. The van der Waals surface area contributed by atoms with E-state index in [1.165, 1.54) is 0 Å². The fourth-order valence-corrected chi connectivity index (χ4v) is 2.89. The zero-order valence-corrected chi connectivity index (χ0v) is 12.7. The van der Waals surface area contributed by atoms with Crippen LogP contribution in [0.4, 0.5) is 5.69 Å². The average molecular weight is 275 g/mol. The van der Waals surface area contributed by atoms with Gasteiger partial charge in [0, 0.05) is 19.3 Å². The average Bonchev–Trinajstić information content (AvgIpc) is 2.41. The van der Waals surface area contributed by atoms with E-state index < -0.39 is 0 Å². The summed E-state index contributed by atoms with van der Waals surface area (Å²) in [7, 11) is 4.03. The van der Waals surface area contributed by atoms with Crippen LogP contribution in [0.1, 0.15) is 28.8 Å². The first-order valence-electron chi connectivity index (χ1n) is 7.28. The Bertz CT molecular complexity index is 458. The highest BCUT2D eigenvalue weighted by molar-refractivity contribution is 6.00. The number of amides is 1. The summed E-state index contributed by atoms with van der Waals surface area (Å²) in [6.07, 6.45) is 2.33. The molecule has 0 aliphatic carbocycles. The summed E-state index contributed by atoms with van der Waals surface area (Å²) in [4.78, 5) is 16.7. The molecule has 0 atom stereocenters. The maximum Gasteiger partial charge on any atom is 0.255 e. The lowest BCUT2D eigenvalue weighted by atomic mass is 9.96. The third-order valence-corrected chi connectivity index (χ3v) is 4.24. The highest BCUT2D eigenvalue weighted by Gasteiger charge is 2.22. The van der Waals surface area contributed by atoms with Crippen LogP contribution in [0.2, 0.25) is 0 Å². The Balaban J connectivity index is 2.02. The van der Waals surface area contributed by atoms with Crippen LogP contribution < -0.4 is 5.73 Å². The molecule has 1 aromatic carbocycles. The first kappa shape index (κ1) is 14.9. The molecule has 0 aromatic heterocycles. The molecule has 0 radical (unpaired) electrons. The number of likely N-dealkylation sites (tertiary alicyclic amines) is 1. The van der Waals surface area contributed by atoms with Crippen molar-refractivity contribution in [1.29, 1.82) is 0 Å². The summed E-state index contributed by atoms with van der Waals surface area (Å²) in [6.45, 7) is 5.01. The summed E-state index contributed by atoms with van der Waals surface area (Å²) >= 11 is 0. The van der Waals surface area contributed by atoms with Crippen LogP contribution in [0.5, 0.6) is 0 Å². The molecule has 4 nitrogen and oxygen atoms in total. The quantitative estimate of drug-likeness (QED) is 0.858. The molecule has 2 rings (SSSR count). The van der Waals surface area contributed by atoms with Crippen LogP contribution in [0.25, 0.3) is 0 Å². The smallest absolute Gasteiger partial charge is 0.255 e. The highest BCUT2D eigenvalue weighted by Crippen LogP contribution is 2.21. The Morgan fingerprint density at radius 1 is 1.40 bits per heavy atom. The minimum atomic E-state index is 0.0412. The maximum atomic E-state index is 12.6. The van der Waals surface area contributed by atoms with E-state index in [9.17, 15) is 4.79 Å². The molecule has 0 saturated carbocycles. The number of nitrogens with zero attached hydrogens (tertiary/aromatic N) is 2. The first-order valence-corrected chi connectivity index (χ1v) is 7.28. The number of carbonyl (C=O) groups excluding carboxylic acids is 1. The van der Waals surface area contributed by atoms with E-state index in [1.807, 2.05) is 31.0 Å². The Morgan fingerprint density at radius 2 is 2.05 bits per heavy atom. The number of benzene rings is 1. The van der Waals surface area contributed by atoms with Crippen molar-refractivity contribution in [2.24, 2.45) is 5.92 Å². The molecule has 1 aliphatic rings. The number of hydrogen-bond acceptors (Lipinski definition) is 3. The number of nitrogens with two attached hydrogens (primary N) is 1. The predicted molar refractivity (Wildman–Crippen MR) is 82.8 cm³/mol. The van der Waals surface area contributed by atoms with E-state index in [0.717, 1.165) is 38.0 Å². The zero-order chi connectivity index (χ0) is 14.7. The topological polar surface area (TPSA) is 49.6 Å². The van der Waals surface area contributed by atoms with Crippen molar-refractivity contribution in [1.82, 2.24) is 9.80 Å². The molecule has 1 aromatic rings. The van der Waals surface area contributed by atoms with Gasteiger partial charge in [-0.05, 0) is 57.5 Å². The van der Waals surface area contributed by atoms with Gasteiger partial charge in [0.2, 0.25) is 0 Å². The van der Waals surface area contributed by atoms with E-state index in [-0.39, 0.29) is 5.91 Å². The number of aryl methyl sites for hydroxylation is 1. The monoisotopic (exact) mass is 275 g/mol. The molecule has 1 amide bonds. The predicted octanol–water partition coefficient (Wildman–Crippen LogP) is 1.99. The molecular formula is C16H25N3O. The number of piperidine rings is 1. The molecule has 4 heteroatoms. The molecule has 2 N–H and O–H groups in total. The van der Waals surface area contributed by atoms with E-state index in [0.29, 0.717) is 17.2 Å². The maximum absolute atomic E-state index is 12.6. The SMILES string of the molecule is Cc1cccc(N)c1C(=O)N(C)CC1CCN(C)CC1. The van der Waals surface area contributed by atoms with E-state index in [1.54, 1.807) is 6.07 Å². The van der Waals surface area contributed by atoms with Crippen molar-refractivity contribution < 1.29 is 4.79 Å². The van der Waals surface area contributed by atoms with Crippen molar-refractivity contribution in [3.63, 3.8) is 0 Å². The minimum Gasteiger partial charge on any atom is -0.398 e. The molecular weight excluding hydrogens is 250 g/mol. The number of hydrogen-bond donors (Lipinski definition) is 1. The van der Waals surface area contributed by atoms with E-state index >= 15 is 0 Å². The normalized spacial score (nSPS) is 17.1. The summed E-state index contributed by atoms with van der Waals surface area (Å²) < 4.78 is 0. The zero-order valence-electron chi connectivity index (χ0n) is 12.7. The molecule has 1 heterocycles. The number of anilines is 1. The van der Waals surface area contributed by atoms with E-state index in [2.05, 4.69) is 11.9 Å². The molecule has 1 fully saturated rings. The number of carbonyl (C=O) groups is 1. The van der Waals surface area contributed by atoms with E-state index in [4.69, 9.17) is 5.73 Å². The lowest BCUT2D eigenvalue weighted by Crippen LogP contribution is -2.38. The summed E-state index contributed by atoms with van der Waals surface area (Å²) in [5.74, 6) is 0.643. The van der Waals surface area contributed by atoms with Crippen molar-refractivity contribution in [3.05, 3.63) is 29.3 Å². The Labute approximate surface area is 121 Å². The fraction of sp³-hybridized carbons (Fsp3) is 0.562. The van der Waals surface area contributed by atoms with Gasteiger partial charge in [-0.1, -0.05) is 12.1 Å². The molecule has 0 bridgehead atoms. The second kappa shape index (κ2) is 6.27. The van der Waals surface area contributed by atoms with Crippen LogP contribution in [0, 0.1) is 12.8 Å². The number of rotatable bonds is 3. The highest BCUT2D eigenvalue weighted by atomic mass is 16.2. The largest absolute Gasteiger partial charge is 0.398 e. The molecule has 0 spiro atoms. The third-order valence-electron chi connectivity index (χ3n) is 4.24. The van der Waals surface area contributed by atoms with Gasteiger partial charge in [0.05, 0.1) is 5.56 Å². The standard InChI is InChI=1S/C16H25N3O/c1-12-5-4-6-14(17)15(12)16(20)19(3)11-13-7-9-18(2)10-8-13/h4-6,13H,7-11,17H2,1-3H3. The van der Waals surface area contributed by atoms with Gasteiger partial charge < -0.3 is 15.5 Å². The Hall–Kier alpha value is -1.55. The van der Waals surface area contributed by atoms with Crippen molar-refractivity contribution in [2.75, 3.05) is 39.5 Å². The lowest BCUT2D eigenvalue weighted by molar-refractivity contribution is 0.0747. The van der Waals surface area contributed by atoms with Gasteiger partial charge in [-0.15, -0.1) is 0 Å². The van der Waals surface area contributed by atoms with Gasteiger partial charge in [0.25, 0.3) is 5.91 Å². The molecule has 110 valence electrons. The first-order chi connectivity index (χ1) is 9.49. The number of nitrogen functional groups attached to an aromatic ring is 1. The second-order valence-corrected chi connectivity index (χ2v) is 5.97. The molecule has 1 aliphatic heterocycles. The van der Waals surface area contributed by atoms with Crippen LogP contribution in [0.3, 0.4) is 0 Å². The van der Waals surface area contributed by atoms with Crippen LogP contribution >= 0.6 is 0 Å². The molecule has 1 saturated heterocycles. The van der Waals surface area contributed by atoms with Gasteiger partial charge in [0.1, 0.15) is 0 Å². The summed E-state index contributed by atoms with van der Waals surface area (Å²) in [5.41, 5.74) is 8.14. The second-order valence-electron chi connectivity index (χ2n) is 5.97. The molecule has 0 unspecified atom stereocenters. The van der Waals surface area contributed by atoms with Gasteiger partial charge >= 0.3 is 0 Å². The Kier molecular flexibility index (Phi) is 4.65. The van der Waals surface area contributed by atoms with Gasteiger partial charge in [-0.3, -0.25) is 4.79 Å². The van der Waals surface area contributed by atoms with Gasteiger partial charge in [-0.25, -0.2) is 0 Å². The lowest BCUT2D eigenvalue weighted by Gasteiger charge is -2.32. The molecule has 20 heavy (non-hydrogen) atoms. The van der Waals surface area contributed by atoms with Crippen molar-refractivity contribution >= 4 is 11.6 Å². The fourth-order valence-electron chi connectivity index (χ4n) is 2.89. The van der Waals surface area contributed by atoms with Crippen LogP contribution in [0.15, 0.2) is 18.2 Å². The van der Waals surface area contributed by atoms with Crippen LogP contribution in [-0.2, 0) is 0 Å².